The van der Waals surface area contributed by atoms with Crippen molar-refractivity contribution in [2.75, 3.05) is 0 Å². The second kappa shape index (κ2) is 5.69. The zero-order chi connectivity index (χ0) is 14.4. The van der Waals surface area contributed by atoms with Crippen molar-refractivity contribution in [2.45, 2.75) is 101 Å². The topological polar surface area (TPSA) is 0 Å². The summed E-state index contributed by atoms with van der Waals surface area (Å²) in [5, 5.41) is 0. The Morgan fingerprint density at radius 2 is 0.952 bits per heavy atom. The van der Waals surface area contributed by atoms with E-state index in [-0.39, 0.29) is 0 Å². The second-order valence-electron chi connectivity index (χ2n) is 9.61. The lowest BCUT2D eigenvalue weighted by atomic mass is 9.81. The van der Waals surface area contributed by atoms with Crippen molar-refractivity contribution in [1.29, 1.82) is 0 Å². The van der Waals surface area contributed by atoms with Gasteiger partial charge in [-0.15, -0.1) is 0 Å². The molecule has 0 amide bonds. The van der Waals surface area contributed by atoms with E-state index < -0.39 is 8.07 Å². The van der Waals surface area contributed by atoms with Gasteiger partial charge in [0.05, 0.1) is 8.07 Å². The standard InChI is InChI=1S/C20H36Si/c1-21(2,19-13-11-15-7-3-5-9-17(15)19)20-14-12-16-8-4-6-10-18(16)20/h15-20H,3-14H2,1-2H3. The molecule has 120 valence electrons. The summed E-state index contributed by atoms with van der Waals surface area (Å²) in [5.41, 5.74) is 2.40. The molecule has 21 heavy (non-hydrogen) atoms. The summed E-state index contributed by atoms with van der Waals surface area (Å²) >= 11 is 0. The molecule has 1 heteroatoms. The third-order valence-corrected chi connectivity index (χ3v) is 13.8. The van der Waals surface area contributed by atoms with Crippen LogP contribution >= 0.6 is 0 Å². The first-order valence-electron chi connectivity index (χ1n) is 10.2. The highest BCUT2D eigenvalue weighted by atomic mass is 28.3. The van der Waals surface area contributed by atoms with Crippen molar-refractivity contribution in [3.63, 3.8) is 0 Å². The molecule has 4 aliphatic rings. The monoisotopic (exact) mass is 304 g/mol. The number of hydrogen-bond donors (Lipinski definition) is 0. The molecule has 0 aromatic heterocycles. The van der Waals surface area contributed by atoms with Gasteiger partial charge in [-0.05, 0) is 34.8 Å². The minimum absolute atomic E-state index is 1.05. The Bertz CT molecular complexity index is 340. The Balaban J connectivity index is 1.52. The van der Waals surface area contributed by atoms with Crippen molar-refractivity contribution in [3.05, 3.63) is 0 Å². The van der Waals surface area contributed by atoms with Crippen LogP contribution in [0.15, 0.2) is 0 Å². The molecular formula is C20H36Si. The van der Waals surface area contributed by atoms with Crippen LogP contribution in [0.5, 0.6) is 0 Å². The van der Waals surface area contributed by atoms with Crippen LogP contribution in [0.4, 0.5) is 0 Å². The van der Waals surface area contributed by atoms with Gasteiger partial charge in [-0.3, -0.25) is 0 Å². The third-order valence-electron chi connectivity index (χ3n) is 8.58. The van der Waals surface area contributed by atoms with E-state index in [0.717, 1.165) is 11.8 Å². The van der Waals surface area contributed by atoms with Gasteiger partial charge in [0.15, 0.2) is 0 Å². The normalized spacial score (nSPS) is 47.1. The van der Waals surface area contributed by atoms with E-state index in [2.05, 4.69) is 13.1 Å². The summed E-state index contributed by atoms with van der Waals surface area (Å²) in [7, 11) is -1.05. The maximum atomic E-state index is 2.83. The average molecular weight is 305 g/mol. The van der Waals surface area contributed by atoms with E-state index in [1.54, 1.807) is 77.0 Å². The molecule has 0 saturated heterocycles. The minimum atomic E-state index is -1.05. The first-order chi connectivity index (χ1) is 10.2. The molecule has 4 fully saturated rings. The summed E-state index contributed by atoms with van der Waals surface area (Å²) in [6.45, 7) is 5.66. The zero-order valence-corrected chi connectivity index (χ0v) is 15.4. The number of fused-ring (bicyclic) bond motifs is 2. The van der Waals surface area contributed by atoms with Gasteiger partial charge in [0.2, 0.25) is 0 Å². The van der Waals surface area contributed by atoms with Crippen LogP contribution < -0.4 is 0 Å². The third kappa shape index (κ3) is 2.46. The second-order valence-corrected chi connectivity index (χ2v) is 14.7. The first kappa shape index (κ1) is 14.8. The molecule has 6 unspecified atom stereocenters. The van der Waals surface area contributed by atoms with Crippen LogP contribution in [0.25, 0.3) is 0 Å². The van der Waals surface area contributed by atoms with Crippen LogP contribution in [-0.4, -0.2) is 8.07 Å². The predicted molar refractivity (Wildman–Crippen MR) is 94.3 cm³/mol. The summed E-state index contributed by atoms with van der Waals surface area (Å²) in [6.07, 6.45) is 19.0. The molecule has 0 spiro atoms. The van der Waals surface area contributed by atoms with Crippen molar-refractivity contribution in [3.8, 4) is 0 Å². The number of rotatable bonds is 2. The van der Waals surface area contributed by atoms with Crippen LogP contribution in [0.3, 0.4) is 0 Å². The SMILES string of the molecule is C[Si](C)(C1CCC2CCCCC21)C1CCC2CCCCC21. The molecule has 0 aliphatic heterocycles. The number of hydrogen-bond acceptors (Lipinski definition) is 0. The molecule has 0 radical (unpaired) electrons. The Kier molecular flexibility index (Phi) is 4.01. The van der Waals surface area contributed by atoms with Crippen molar-refractivity contribution in [2.24, 2.45) is 23.7 Å². The molecule has 0 bridgehead atoms. The van der Waals surface area contributed by atoms with Gasteiger partial charge in [-0.1, -0.05) is 90.1 Å². The van der Waals surface area contributed by atoms with Crippen molar-refractivity contribution >= 4 is 8.07 Å². The Labute approximate surface area is 133 Å². The maximum absolute atomic E-state index is 2.83. The molecule has 0 aromatic rings. The van der Waals surface area contributed by atoms with Crippen LogP contribution in [-0.2, 0) is 0 Å². The summed E-state index contributed by atoms with van der Waals surface area (Å²) < 4.78 is 0. The zero-order valence-electron chi connectivity index (χ0n) is 14.4. The van der Waals surface area contributed by atoms with Crippen LogP contribution in [0.2, 0.25) is 24.2 Å². The molecule has 4 saturated carbocycles. The fourth-order valence-corrected chi connectivity index (χ4v) is 13.0. The predicted octanol–water partition coefficient (Wildman–Crippen LogP) is 6.64. The molecule has 6 atom stereocenters. The summed E-state index contributed by atoms with van der Waals surface area (Å²) in [4.78, 5) is 0. The van der Waals surface area contributed by atoms with Gasteiger partial charge in [-0.25, -0.2) is 0 Å². The van der Waals surface area contributed by atoms with E-state index in [1.165, 1.54) is 22.9 Å². The quantitative estimate of drug-likeness (QED) is 0.502. The highest BCUT2D eigenvalue weighted by Gasteiger charge is 2.53. The maximum Gasteiger partial charge on any atom is 0.0541 e. The molecule has 0 aromatic carbocycles. The summed E-state index contributed by atoms with van der Waals surface area (Å²) in [5.74, 6) is 4.64. The van der Waals surface area contributed by atoms with E-state index >= 15 is 0 Å². The molecule has 0 nitrogen and oxygen atoms in total. The van der Waals surface area contributed by atoms with E-state index in [1.807, 2.05) is 0 Å². The van der Waals surface area contributed by atoms with Crippen molar-refractivity contribution < 1.29 is 0 Å². The van der Waals surface area contributed by atoms with Crippen LogP contribution in [0.1, 0.15) is 77.0 Å². The first-order valence-corrected chi connectivity index (χ1v) is 13.3. The smallest absolute Gasteiger partial charge is 0.0541 e. The fourth-order valence-electron chi connectivity index (χ4n) is 7.59. The Hall–Kier alpha value is 0.217. The lowest BCUT2D eigenvalue weighted by molar-refractivity contribution is 0.263. The van der Waals surface area contributed by atoms with E-state index in [9.17, 15) is 0 Å². The highest BCUT2D eigenvalue weighted by Crippen LogP contribution is 2.61. The largest absolute Gasteiger partial charge is 0.0689 e. The Morgan fingerprint density at radius 3 is 1.43 bits per heavy atom. The fraction of sp³-hybridized carbons (Fsp3) is 1.00. The lowest BCUT2D eigenvalue weighted by Gasteiger charge is -2.45. The van der Waals surface area contributed by atoms with Gasteiger partial charge in [0.25, 0.3) is 0 Å². The van der Waals surface area contributed by atoms with E-state index in [4.69, 9.17) is 0 Å². The van der Waals surface area contributed by atoms with Gasteiger partial charge in [-0.2, -0.15) is 0 Å². The average Bonchev–Trinajstić information content (AvgIpc) is 3.12. The molecular weight excluding hydrogens is 268 g/mol. The molecule has 0 heterocycles. The molecule has 0 N–H and O–H groups in total. The van der Waals surface area contributed by atoms with Gasteiger partial charge in [0, 0.05) is 0 Å². The Morgan fingerprint density at radius 1 is 0.524 bits per heavy atom. The molecule has 4 aliphatic carbocycles. The molecule has 4 rings (SSSR count). The summed E-state index contributed by atoms with van der Waals surface area (Å²) in [6, 6.07) is 0. The van der Waals surface area contributed by atoms with Gasteiger partial charge < -0.3 is 0 Å². The lowest BCUT2D eigenvalue weighted by Crippen LogP contribution is -2.43. The minimum Gasteiger partial charge on any atom is -0.0689 e. The highest BCUT2D eigenvalue weighted by molar-refractivity contribution is 6.80. The van der Waals surface area contributed by atoms with E-state index in [0.29, 0.717) is 0 Å². The van der Waals surface area contributed by atoms with Gasteiger partial charge in [0.1, 0.15) is 0 Å². The van der Waals surface area contributed by atoms with Gasteiger partial charge >= 0.3 is 0 Å². The van der Waals surface area contributed by atoms with Crippen molar-refractivity contribution in [1.82, 2.24) is 0 Å². The van der Waals surface area contributed by atoms with Crippen LogP contribution in [0, 0.1) is 23.7 Å².